The molecule has 0 heterocycles. The largest absolute Gasteiger partial charge is 0.492 e. The van der Waals surface area contributed by atoms with Crippen LogP contribution in [-0.4, -0.2) is 6.61 Å². The van der Waals surface area contributed by atoms with Gasteiger partial charge in [-0.25, -0.2) is 0 Å². The third kappa shape index (κ3) is 4.08. The lowest BCUT2D eigenvalue weighted by molar-refractivity contribution is 0.340. The molecule has 0 spiro atoms. The van der Waals surface area contributed by atoms with Crippen molar-refractivity contribution in [3.63, 3.8) is 0 Å². The minimum Gasteiger partial charge on any atom is -0.492 e. The summed E-state index contributed by atoms with van der Waals surface area (Å²) in [6, 6.07) is 9.26. The van der Waals surface area contributed by atoms with E-state index in [1.54, 1.807) is 12.1 Å². The Bertz CT molecular complexity index is 662. The molecule has 1 unspecified atom stereocenters. The average molecular weight is 473 g/mol. The molecule has 0 radical (unpaired) electrons. The zero-order valence-corrected chi connectivity index (χ0v) is 16.4. The van der Waals surface area contributed by atoms with Gasteiger partial charge in [-0.1, -0.05) is 61.1 Å². The van der Waals surface area contributed by atoms with E-state index < -0.39 is 5.38 Å². The van der Waals surface area contributed by atoms with Gasteiger partial charge in [-0.3, -0.25) is 0 Å². The highest BCUT2D eigenvalue weighted by Gasteiger charge is 2.19. The summed E-state index contributed by atoms with van der Waals surface area (Å²) >= 11 is 26.0. The van der Waals surface area contributed by atoms with Gasteiger partial charge in [0.05, 0.1) is 17.0 Å². The normalized spacial score (nSPS) is 12.3. The zero-order chi connectivity index (χ0) is 15.6. The number of alkyl halides is 1. The number of hydrogen-bond acceptors (Lipinski definition) is 1. The van der Waals surface area contributed by atoms with Crippen molar-refractivity contribution in [2.24, 2.45) is 0 Å². The van der Waals surface area contributed by atoms with Gasteiger partial charge in [0.15, 0.2) is 0 Å². The van der Waals surface area contributed by atoms with Crippen molar-refractivity contribution in [1.29, 1.82) is 0 Å². The molecule has 0 saturated carbocycles. The number of rotatable bonds is 4. The summed E-state index contributed by atoms with van der Waals surface area (Å²) in [6.45, 7) is 2.42. The van der Waals surface area contributed by atoms with Gasteiger partial charge in [0, 0.05) is 20.0 Å². The fourth-order valence-electron chi connectivity index (χ4n) is 1.88. The van der Waals surface area contributed by atoms with Crippen molar-refractivity contribution in [2.75, 3.05) is 6.61 Å². The summed E-state index contributed by atoms with van der Waals surface area (Å²) in [6.07, 6.45) is 0. The van der Waals surface area contributed by atoms with Gasteiger partial charge >= 0.3 is 0 Å². The maximum atomic E-state index is 6.57. The van der Waals surface area contributed by atoms with Crippen LogP contribution in [-0.2, 0) is 0 Å². The smallest absolute Gasteiger partial charge is 0.139 e. The average Bonchev–Trinajstić information content (AvgIpc) is 2.42. The maximum Gasteiger partial charge on any atom is 0.139 e. The molecule has 1 atom stereocenters. The Labute approximate surface area is 155 Å². The first-order valence-corrected chi connectivity index (χ1v) is 8.92. The van der Waals surface area contributed by atoms with E-state index in [0.717, 1.165) is 20.1 Å². The molecule has 1 nitrogen and oxygen atoms in total. The topological polar surface area (TPSA) is 9.23 Å². The lowest BCUT2D eigenvalue weighted by atomic mass is 10.0. The van der Waals surface area contributed by atoms with Crippen LogP contribution in [0.2, 0.25) is 10.0 Å². The zero-order valence-electron chi connectivity index (χ0n) is 11.0. The summed E-state index contributed by atoms with van der Waals surface area (Å²) in [4.78, 5) is 0. The lowest BCUT2D eigenvalue weighted by Crippen LogP contribution is -1.98. The van der Waals surface area contributed by atoms with Crippen LogP contribution in [0.25, 0.3) is 0 Å². The first-order valence-electron chi connectivity index (χ1n) is 6.14. The van der Waals surface area contributed by atoms with E-state index >= 15 is 0 Å². The molecule has 0 aliphatic rings. The van der Waals surface area contributed by atoms with Gasteiger partial charge in [-0.2, -0.15) is 0 Å². The van der Waals surface area contributed by atoms with Crippen molar-refractivity contribution in [1.82, 2.24) is 0 Å². The predicted octanol–water partition coefficient (Wildman–Crippen LogP) is 7.25. The van der Waals surface area contributed by atoms with Crippen LogP contribution in [0.1, 0.15) is 23.4 Å². The van der Waals surface area contributed by atoms with Crippen molar-refractivity contribution in [2.45, 2.75) is 12.3 Å². The quantitative estimate of drug-likeness (QED) is 0.425. The van der Waals surface area contributed by atoms with Crippen LogP contribution in [0.4, 0.5) is 0 Å². The van der Waals surface area contributed by atoms with Crippen LogP contribution in [0.15, 0.2) is 39.3 Å². The summed E-state index contributed by atoms with van der Waals surface area (Å²) in [5, 5.41) is 0.612. The molecule has 0 aliphatic carbocycles. The molecule has 2 rings (SSSR count). The molecule has 0 amide bonds. The highest BCUT2D eigenvalue weighted by atomic mass is 79.9. The Morgan fingerprint density at radius 3 is 2.38 bits per heavy atom. The van der Waals surface area contributed by atoms with Gasteiger partial charge < -0.3 is 4.74 Å². The van der Waals surface area contributed by atoms with E-state index in [2.05, 4.69) is 31.9 Å². The van der Waals surface area contributed by atoms with Gasteiger partial charge in [-0.05, 0) is 36.2 Å². The Morgan fingerprint density at radius 1 is 1.05 bits per heavy atom. The first-order chi connectivity index (χ1) is 9.93. The summed E-state index contributed by atoms with van der Waals surface area (Å²) in [5.74, 6) is 0.562. The fourth-order valence-corrected chi connectivity index (χ4v) is 4.20. The highest BCUT2D eigenvalue weighted by molar-refractivity contribution is 9.11. The summed E-state index contributed by atoms with van der Waals surface area (Å²) in [5.41, 5.74) is 1.66. The molecular formula is C15H11Br2Cl3O. The second-order valence-corrected chi connectivity index (χ2v) is 7.29. The van der Waals surface area contributed by atoms with Gasteiger partial charge in [0.25, 0.3) is 0 Å². The molecule has 0 fully saturated rings. The molecule has 2 aromatic rings. The summed E-state index contributed by atoms with van der Waals surface area (Å²) in [7, 11) is 0. The second-order valence-electron chi connectivity index (χ2n) is 4.27. The Kier molecular flexibility index (Phi) is 6.27. The van der Waals surface area contributed by atoms with Gasteiger partial charge in [-0.15, -0.1) is 11.6 Å². The molecule has 6 heteroatoms. The van der Waals surface area contributed by atoms with Crippen molar-refractivity contribution in [3.8, 4) is 5.75 Å². The third-order valence-electron chi connectivity index (χ3n) is 2.86. The molecule has 112 valence electrons. The standard InChI is InChI=1S/C15H11Br2Cl3O/c1-2-21-14-7-12(18)10(6-13(14)19)15(20)9-4-3-8(16)5-11(9)17/h3-7,15H,2H2,1H3. The second kappa shape index (κ2) is 7.56. The Hall–Kier alpha value is 0.0700. The van der Waals surface area contributed by atoms with E-state index in [1.165, 1.54) is 0 Å². The predicted molar refractivity (Wildman–Crippen MR) is 97.2 cm³/mol. The van der Waals surface area contributed by atoms with Crippen molar-refractivity contribution < 1.29 is 4.74 Å². The molecule has 0 aromatic heterocycles. The van der Waals surface area contributed by atoms with Crippen LogP contribution in [0, 0.1) is 0 Å². The number of halogens is 5. The van der Waals surface area contributed by atoms with Crippen molar-refractivity contribution in [3.05, 3.63) is 60.4 Å². The van der Waals surface area contributed by atoms with E-state index in [4.69, 9.17) is 39.5 Å². The SMILES string of the molecule is CCOc1cc(Cl)c(C(Cl)c2ccc(Br)cc2Br)cc1Cl. The van der Waals surface area contributed by atoms with Gasteiger partial charge in [0.1, 0.15) is 5.75 Å². The minimum atomic E-state index is -0.409. The van der Waals surface area contributed by atoms with E-state index in [-0.39, 0.29) is 0 Å². The Morgan fingerprint density at radius 2 is 1.76 bits per heavy atom. The van der Waals surface area contributed by atoms with E-state index in [1.807, 2.05) is 25.1 Å². The fraction of sp³-hybridized carbons (Fsp3) is 0.200. The molecule has 2 aromatic carbocycles. The van der Waals surface area contributed by atoms with E-state index in [0.29, 0.717) is 22.4 Å². The third-order valence-corrected chi connectivity index (χ3v) is 5.13. The molecule has 0 aliphatic heterocycles. The molecule has 0 N–H and O–H groups in total. The summed E-state index contributed by atoms with van der Waals surface area (Å²) < 4.78 is 7.29. The molecule has 21 heavy (non-hydrogen) atoms. The number of ether oxygens (including phenoxy) is 1. The first kappa shape index (κ1) is 17.4. The van der Waals surface area contributed by atoms with Crippen LogP contribution in [0.3, 0.4) is 0 Å². The monoisotopic (exact) mass is 470 g/mol. The van der Waals surface area contributed by atoms with Crippen molar-refractivity contribution >= 4 is 66.7 Å². The molecular weight excluding hydrogens is 462 g/mol. The number of benzene rings is 2. The maximum absolute atomic E-state index is 6.57. The lowest BCUT2D eigenvalue weighted by Gasteiger charge is -2.16. The van der Waals surface area contributed by atoms with Crippen LogP contribution >= 0.6 is 66.7 Å². The van der Waals surface area contributed by atoms with Crippen LogP contribution in [0.5, 0.6) is 5.75 Å². The van der Waals surface area contributed by atoms with Gasteiger partial charge in [0.2, 0.25) is 0 Å². The number of hydrogen-bond donors (Lipinski definition) is 0. The molecule has 0 bridgehead atoms. The molecule has 0 saturated heterocycles. The highest BCUT2D eigenvalue weighted by Crippen LogP contribution is 2.41. The Balaban J connectivity index is 2.43. The van der Waals surface area contributed by atoms with E-state index in [9.17, 15) is 0 Å². The van der Waals surface area contributed by atoms with Crippen LogP contribution < -0.4 is 4.74 Å². The minimum absolute atomic E-state index is 0.409.